The summed E-state index contributed by atoms with van der Waals surface area (Å²) in [4.78, 5) is 17.3. The maximum Gasteiger partial charge on any atom is 0.243 e. The Morgan fingerprint density at radius 3 is 2.69 bits per heavy atom. The van der Waals surface area contributed by atoms with E-state index in [4.69, 9.17) is 0 Å². The van der Waals surface area contributed by atoms with E-state index >= 15 is 0 Å². The highest BCUT2D eigenvalue weighted by Gasteiger charge is 2.22. The number of rotatable bonds is 8. The Labute approximate surface area is 190 Å². The number of aromatic nitrogens is 4. The normalized spacial score (nSPS) is 12.1. The zero-order chi connectivity index (χ0) is 22.9. The van der Waals surface area contributed by atoms with Crippen LogP contribution in [0.15, 0.2) is 52.5 Å². The van der Waals surface area contributed by atoms with Gasteiger partial charge in [0.1, 0.15) is 0 Å². The van der Waals surface area contributed by atoms with E-state index < -0.39 is 10.0 Å². The number of anilines is 1. The van der Waals surface area contributed by atoms with Crippen LogP contribution in [0.3, 0.4) is 0 Å². The van der Waals surface area contributed by atoms with Gasteiger partial charge in [-0.25, -0.2) is 18.5 Å². The smallest absolute Gasteiger partial charge is 0.243 e. The zero-order valence-electron chi connectivity index (χ0n) is 18.0. The van der Waals surface area contributed by atoms with Crippen molar-refractivity contribution in [2.75, 3.05) is 24.2 Å². The molecule has 1 amide bonds. The molecule has 0 aliphatic carbocycles. The number of H-pyrrole nitrogens is 1. The molecule has 9 nitrogen and oxygen atoms in total. The Morgan fingerprint density at radius 1 is 1.19 bits per heavy atom. The van der Waals surface area contributed by atoms with E-state index in [1.165, 1.54) is 22.1 Å². The van der Waals surface area contributed by atoms with Crippen LogP contribution in [-0.4, -0.2) is 57.1 Å². The summed E-state index contributed by atoms with van der Waals surface area (Å²) < 4.78 is 28.9. The van der Waals surface area contributed by atoms with E-state index in [1.807, 2.05) is 35.6 Å². The quantitative estimate of drug-likeness (QED) is 0.381. The summed E-state index contributed by atoms with van der Waals surface area (Å²) in [5.74, 6) is 0.467. The molecule has 0 aliphatic heterocycles. The molecule has 2 heterocycles. The standard InChI is InChI=1S/C21H24N6O3S2/c1-4-26(5-2)32(29,30)15-11-10-14(3)17(12-15)22-19(28)13-31-21-25-24-20-23-16-8-6-7-9-18(16)27(20)21/h6-12H,4-5,13H2,1-3H3,(H,22,28)(H,23,24). The number of thioether (sulfide) groups is 1. The largest absolute Gasteiger partial charge is 0.325 e. The average molecular weight is 473 g/mol. The van der Waals surface area contributed by atoms with E-state index in [1.54, 1.807) is 26.0 Å². The van der Waals surface area contributed by atoms with Crippen molar-refractivity contribution in [2.24, 2.45) is 0 Å². The first kappa shape index (κ1) is 22.3. The number of hydrogen-bond donors (Lipinski definition) is 2. The molecular formula is C21H24N6O3S2. The first-order chi connectivity index (χ1) is 15.3. The van der Waals surface area contributed by atoms with E-state index in [-0.39, 0.29) is 16.6 Å². The number of para-hydroxylation sites is 2. The van der Waals surface area contributed by atoms with Crippen LogP contribution in [0.2, 0.25) is 0 Å². The molecule has 2 aromatic heterocycles. The van der Waals surface area contributed by atoms with Gasteiger partial charge in [0.05, 0.1) is 21.7 Å². The van der Waals surface area contributed by atoms with Gasteiger partial charge < -0.3 is 5.32 Å². The fraction of sp³-hybridized carbons (Fsp3) is 0.286. The van der Waals surface area contributed by atoms with Crippen LogP contribution >= 0.6 is 11.8 Å². The lowest BCUT2D eigenvalue weighted by Gasteiger charge is -2.19. The number of sulfonamides is 1. The lowest BCUT2D eigenvalue weighted by atomic mass is 10.2. The molecule has 0 spiro atoms. The van der Waals surface area contributed by atoms with E-state index in [0.29, 0.717) is 29.7 Å². The van der Waals surface area contributed by atoms with Crippen LogP contribution in [0.4, 0.5) is 5.69 Å². The molecule has 0 saturated heterocycles. The molecule has 2 aromatic carbocycles. The molecule has 11 heteroatoms. The van der Waals surface area contributed by atoms with Crippen LogP contribution in [-0.2, 0) is 14.8 Å². The molecule has 0 unspecified atom stereocenters. The third-order valence-corrected chi connectivity index (χ3v) is 8.15. The number of aryl methyl sites for hydroxylation is 1. The van der Waals surface area contributed by atoms with E-state index in [9.17, 15) is 13.2 Å². The third-order valence-electron chi connectivity index (χ3n) is 5.16. The number of imidazole rings is 1. The SMILES string of the molecule is CCN(CC)S(=O)(=O)c1ccc(C)c(NC(=O)CSc2n[nH]c3nc4ccccc4n23)c1. The molecule has 0 saturated carbocycles. The van der Waals surface area contributed by atoms with Gasteiger partial charge >= 0.3 is 0 Å². The fourth-order valence-electron chi connectivity index (χ4n) is 3.46. The van der Waals surface area contributed by atoms with E-state index in [0.717, 1.165) is 16.6 Å². The van der Waals surface area contributed by atoms with Crippen LogP contribution in [0.5, 0.6) is 0 Å². The van der Waals surface area contributed by atoms with Gasteiger partial charge in [-0.3, -0.25) is 9.20 Å². The van der Waals surface area contributed by atoms with Gasteiger partial charge in [0.2, 0.25) is 21.7 Å². The van der Waals surface area contributed by atoms with Gasteiger partial charge in [-0.1, -0.05) is 43.8 Å². The topological polar surface area (TPSA) is 112 Å². The van der Waals surface area contributed by atoms with Gasteiger partial charge in [-0.05, 0) is 36.8 Å². The average Bonchev–Trinajstić information content (AvgIpc) is 3.33. The zero-order valence-corrected chi connectivity index (χ0v) is 19.6. The lowest BCUT2D eigenvalue weighted by molar-refractivity contribution is -0.113. The fourth-order valence-corrected chi connectivity index (χ4v) is 5.71. The summed E-state index contributed by atoms with van der Waals surface area (Å²) in [7, 11) is -3.61. The molecule has 2 N–H and O–H groups in total. The molecular weight excluding hydrogens is 448 g/mol. The molecule has 4 aromatic rings. The number of nitrogens with one attached hydrogen (secondary N) is 2. The number of nitrogens with zero attached hydrogens (tertiary/aromatic N) is 4. The number of amides is 1. The second kappa shape index (κ2) is 8.93. The number of hydrogen-bond acceptors (Lipinski definition) is 6. The minimum Gasteiger partial charge on any atom is -0.325 e. The molecule has 168 valence electrons. The summed E-state index contributed by atoms with van der Waals surface area (Å²) >= 11 is 1.27. The minimum atomic E-state index is -3.61. The molecule has 0 atom stereocenters. The van der Waals surface area contributed by atoms with Crippen molar-refractivity contribution in [3.05, 3.63) is 48.0 Å². The summed E-state index contributed by atoms with van der Waals surface area (Å²) in [6, 6.07) is 12.5. The predicted octanol–water partition coefficient (Wildman–Crippen LogP) is 3.28. The van der Waals surface area contributed by atoms with Crippen LogP contribution in [0.25, 0.3) is 16.8 Å². The van der Waals surface area contributed by atoms with Crippen LogP contribution in [0.1, 0.15) is 19.4 Å². The predicted molar refractivity (Wildman–Crippen MR) is 125 cm³/mol. The summed E-state index contributed by atoms with van der Waals surface area (Å²) in [5, 5.41) is 10.6. The highest BCUT2D eigenvalue weighted by molar-refractivity contribution is 7.99. The van der Waals surface area contributed by atoms with Crippen LogP contribution < -0.4 is 5.32 Å². The van der Waals surface area contributed by atoms with Crippen molar-refractivity contribution in [3.63, 3.8) is 0 Å². The van der Waals surface area contributed by atoms with Crippen molar-refractivity contribution in [3.8, 4) is 0 Å². The maximum absolute atomic E-state index is 12.8. The van der Waals surface area contributed by atoms with Crippen molar-refractivity contribution in [2.45, 2.75) is 30.8 Å². The van der Waals surface area contributed by atoms with Gasteiger partial charge in [0.25, 0.3) is 0 Å². The Morgan fingerprint density at radius 2 is 1.94 bits per heavy atom. The summed E-state index contributed by atoms with van der Waals surface area (Å²) in [6.45, 7) is 6.18. The first-order valence-corrected chi connectivity index (χ1v) is 12.6. The summed E-state index contributed by atoms with van der Waals surface area (Å²) in [6.07, 6.45) is 0. The molecule has 0 fully saturated rings. The second-order valence-corrected chi connectivity index (χ2v) is 10.0. The van der Waals surface area contributed by atoms with Gasteiger partial charge in [-0.15, -0.1) is 5.10 Å². The molecule has 0 radical (unpaired) electrons. The van der Waals surface area contributed by atoms with Crippen molar-refractivity contribution in [1.82, 2.24) is 23.9 Å². The number of carbonyl (C=O) groups is 1. The number of fused-ring (bicyclic) bond motifs is 3. The van der Waals surface area contributed by atoms with E-state index in [2.05, 4.69) is 20.5 Å². The molecule has 0 bridgehead atoms. The summed E-state index contributed by atoms with van der Waals surface area (Å²) in [5.41, 5.74) is 3.01. The van der Waals surface area contributed by atoms with Gasteiger partial charge in [0.15, 0.2) is 5.16 Å². The van der Waals surface area contributed by atoms with Gasteiger partial charge in [-0.2, -0.15) is 4.31 Å². The monoisotopic (exact) mass is 472 g/mol. The molecule has 0 aliphatic rings. The third kappa shape index (κ3) is 4.10. The second-order valence-electron chi connectivity index (χ2n) is 7.17. The minimum absolute atomic E-state index is 0.110. The maximum atomic E-state index is 12.8. The highest BCUT2D eigenvalue weighted by atomic mass is 32.2. The van der Waals surface area contributed by atoms with Crippen LogP contribution in [0, 0.1) is 6.92 Å². The number of carbonyl (C=O) groups excluding carboxylic acids is 1. The van der Waals surface area contributed by atoms with Crippen molar-refractivity contribution >= 4 is 50.2 Å². The Kier molecular flexibility index (Phi) is 6.22. The number of aromatic amines is 1. The Balaban J connectivity index is 1.51. The van der Waals surface area contributed by atoms with Crippen molar-refractivity contribution in [1.29, 1.82) is 0 Å². The number of benzene rings is 2. The Hall–Kier alpha value is -2.89. The Bertz CT molecular complexity index is 1390. The van der Waals surface area contributed by atoms with Gasteiger partial charge in [0, 0.05) is 18.8 Å². The lowest BCUT2D eigenvalue weighted by Crippen LogP contribution is -2.30. The first-order valence-electron chi connectivity index (χ1n) is 10.2. The van der Waals surface area contributed by atoms with Crippen molar-refractivity contribution < 1.29 is 13.2 Å². The molecule has 4 rings (SSSR count). The highest BCUT2D eigenvalue weighted by Crippen LogP contribution is 2.25. The molecule has 32 heavy (non-hydrogen) atoms.